The lowest BCUT2D eigenvalue weighted by Gasteiger charge is -2.06. The predicted octanol–water partition coefficient (Wildman–Crippen LogP) is 4.13. The highest BCUT2D eigenvalue weighted by molar-refractivity contribution is 5.64. The minimum atomic E-state index is -0.216. The van der Waals surface area contributed by atoms with Crippen LogP contribution in [0.25, 0.3) is 16.8 Å². The molecule has 0 aliphatic rings. The summed E-state index contributed by atoms with van der Waals surface area (Å²) in [5.74, 6) is -0.216. The second-order valence-electron chi connectivity index (χ2n) is 5.43. The summed E-state index contributed by atoms with van der Waals surface area (Å²) in [7, 11) is 0. The van der Waals surface area contributed by atoms with Crippen LogP contribution in [0.4, 0.5) is 4.39 Å². The molecule has 0 unspecified atom stereocenters. The molecule has 3 nitrogen and oxygen atoms in total. The number of benzene rings is 1. The van der Waals surface area contributed by atoms with Crippen molar-refractivity contribution < 1.29 is 4.39 Å². The van der Waals surface area contributed by atoms with E-state index in [2.05, 4.69) is 26.6 Å². The predicted molar refractivity (Wildman–Crippen MR) is 87.6 cm³/mol. The Hall–Kier alpha value is -3.01. The molecule has 0 saturated heterocycles. The molecule has 0 N–H and O–H groups in total. The number of nitrogens with zero attached hydrogens (tertiary/aromatic N) is 3. The number of hydrogen-bond acceptors (Lipinski definition) is 2. The minimum absolute atomic E-state index is 0.216. The number of fused-ring (bicyclic) bond motifs is 1. The van der Waals surface area contributed by atoms with Crippen molar-refractivity contribution in [3.63, 3.8) is 0 Å². The summed E-state index contributed by atoms with van der Waals surface area (Å²) in [6.07, 6.45) is 8.23. The third-order valence-corrected chi connectivity index (χ3v) is 3.89. The zero-order chi connectivity index (χ0) is 15.6. The Bertz CT molecular complexity index is 943. The average Bonchev–Trinajstić information content (AvgIpc) is 3.00. The minimum Gasteiger partial charge on any atom is -0.303 e. The fourth-order valence-corrected chi connectivity index (χ4v) is 2.69. The molecule has 0 amide bonds. The van der Waals surface area contributed by atoms with Gasteiger partial charge in [0, 0.05) is 36.9 Å². The first-order valence-electron chi connectivity index (χ1n) is 7.40. The van der Waals surface area contributed by atoms with Crippen LogP contribution >= 0.6 is 0 Å². The molecule has 0 atom stereocenters. The van der Waals surface area contributed by atoms with E-state index in [-0.39, 0.29) is 5.82 Å². The van der Waals surface area contributed by atoms with Crippen molar-refractivity contribution in [1.82, 2.24) is 14.4 Å². The molecule has 4 heteroatoms. The van der Waals surface area contributed by atoms with Gasteiger partial charge in [-0.3, -0.25) is 4.98 Å². The normalized spacial score (nSPS) is 11.0. The molecule has 23 heavy (non-hydrogen) atoms. The topological polar surface area (TPSA) is 30.2 Å². The van der Waals surface area contributed by atoms with E-state index >= 15 is 0 Å². The van der Waals surface area contributed by atoms with Crippen molar-refractivity contribution >= 4 is 5.65 Å². The van der Waals surface area contributed by atoms with Gasteiger partial charge in [-0.05, 0) is 53.1 Å². The maximum absolute atomic E-state index is 13.0. The van der Waals surface area contributed by atoms with Crippen molar-refractivity contribution in [2.75, 3.05) is 0 Å². The summed E-state index contributed by atoms with van der Waals surface area (Å²) in [6.45, 7) is 0. The van der Waals surface area contributed by atoms with Gasteiger partial charge in [-0.15, -0.1) is 0 Å². The van der Waals surface area contributed by atoms with E-state index in [0.29, 0.717) is 6.42 Å². The molecule has 0 radical (unpaired) electrons. The van der Waals surface area contributed by atoms with E-state index in [0.717, 1.165) is 28.0 Å². The van der Waals surface area contributed by atoms with E-state index in [1.807, 2.05) is 24.4 Å². The molecule has 0 aliphatic heterocycles. The molecular formula is C19H14FN3. The Morgan fingerprint density at radius 1 is 0.870 bits per heavy atom. The van der Waals surface area contributed by atoms with E-state index in [9.17, 15) is 4.39 Å². The first-order chi connectivity index (χ1) is 11.3. The van der Waals surface area contributed by atoms with Crippen LogP contribution in [0.5, 0.6) is 0 Å². The van der Waals surface area contributed by atoms with Gasteiger partial charge in [-0.25, -0.2) is 9.37 Å². The number of rotatable bonds is 3. The van der Waals surface area contributed by atoms with Gasteiger partial charge in [0.1, 0.15) is 11.5 Å². The van der Waals surface area contributed by atoms with Crippen LogP contribution in [0.1, 0.15) is 11.3 Å². The van der Waals surface area contributed by atoms with Gasteiger partial charge in [0.15, 0.2) is 0 Å². The van der Waals surface area contributed by atoms with Gasteiger partial charge in [-0.1, -0.05) is 12.1 Å². The molecule has 0 fully saturated rings. The Labute approximate surface area is 133 Å². The SMILES string of the molecule is Fc1ccc(Cc2cnc3ccc(-c4ccncc4)cn23)cc1. The highest BCUT2D eigenvalue weighted by Crippen LogP contribution is 2.21. The maximum atomic E-state index is 13.0. The lowest BCUT2D eigenvalue weighted by atomic mass is 10.1. The molecule has 0 aliphatic carbocycles. The highest BCUT2D eigenvalue weighted by atomic mass is 19.1. The lowest BCUT2D eigenvalue weighted by molar-refractivity contribution is 0.627. The Balaban J connectivity index is 1.74. The van der Waals surface area contributed by atoms with E-state index in [1.54, 1.807) is 24.5 Å². The number of hydrogen-bond donors (Lipinski definition) is 0. The fraction of sp³-hybridized carbons (Fsp3) is 0.0526. The molecule has 4 aromatic rings. The summed E-state index contributed by atoms with van der Waals surface area (Å²) in [5, 5.41) is 0. The first-order valence-corrected chi connectivity index (χ1v) is 7.40. The third kappa shape index (κ3) is 2.71. The molecule has 3 heterocycles. The monoisotopic (exact) mass is 303 g/mol. The molecule has 0 bridgehead atoms. The van der Waals surface area contributed by atoms with Crippen LogP contribution in [0, 0.1) is 5.82 Å². The van der Waals surface area contributed by atoms with Crippen LogP contribution < -0.4 is 0 Å². The molecule has 112 valence electrons. The number of aromatic nitrogens is 3. The van der Waals surface area contributed by atoms with Gasteiger partial charge in [0.25, 0.3) is 0 Å². The first kappa shape index (κ1) is 13.6. The Morgan fingerprint density at radius 2 is 1.65 bits per heavy atom. The van der Waals surface area contributed by atoms with Gasteiger partial charge < -0.3 is 4.40 Å². The number of pyridine rings is 2. The van der Waals surface area contributed by atoms with Crippen LogP contribution in [0.2, 0.25) is 0 Å². The van der Waals surface area contributed by atoms with Gasteiger partial charge >= 0.3 is 0 Å². The molecule has 0 spiro atoms. The average molecular weight is 303 g/mol. The van der Waals surface area contributed by atoms with E-state index in [4.69, 9.17) is 0 Å². The van der Waals surface area contributed by atoms with Crippen molar-refractivity contribution in [1.29, 1.82) is 0 Å². The summed E-state index contributed by atoms with van der Waals surface area (Å²) in [5.41, 5.74) is 5.26. The van der Waals surface area contributed by atoms with Crippen molar-refractivity contribution in [2.24, 2.45) is 0 Å². The molecule has 3 aromatic heterocycles. The summed E-state index contributed by atoms with van der Waals surface area (Å²) in [4.78, 5) is 8.50. The summed E-state index contributed by atoms with van der Waals surface area (Å²) >= 11 is 0. The zero-order valence-electron chi connectivity index (χ0n) is 12.4. The van der Waals surface area contributed by atoms with E-state index < -0.39 is 0 Å². The van der Waals surface area contributed by atoms with Crippen LogP contribution in [-0.2, 0) is 6.42 Å². The highest BCUT2D eigenvalue weighted by Gasteiger charge is 2.06. The molecule has 4 rings (SSSR count). The van der Waals surface area contributed by atoms with Crippen LogP contribution in [0.3, 0.4) is 0 Å². The second-order valence-corrected chi connectivity index (χ2v) is 5.43. The van der Waals surface area contributed by atoms with Crippen molar-refractivity contribution in [3.05, 3.63) is 90.4 Å². The molecule has 0 saturated carbocycles. The maximum Gasteiger partial charge on any atom is 0.136 e. The Morgan fingerprint density at radius 3 is 2.43 bits per heavy atom. The summed E-state index contributed by atoms with van der Waals surface area (Å²) < 4.78 is 15.1. The van der Waals surface area contributed by atoms with Gasteiger partial charge in [0.2, 0.25) is 0 Å². The second kappa shape index (κ2) is 5.65. The lowest BCUT2D eigenvalue weighted by Crippen LogP contribution is -1.95. The fourth-order valence-electron chi connectivity index (χ4n) is 2.69. The number of halogens is 1. The van der Waals surface area contributed by atoms with Crippen LogP contribution in [0.15, 0.2) is 73.3 Å². The van der Waals surface area contributed by atoms with E-state index in [1.165, 1.54) is 12.1 Å². The summed E-state index contributed by atoms with van der Waals surface area (Å²) in [6, 6.07) is 14.6. The quantitative estimate of drug-likeness (QED) is 0.570. The van der Waals surface area contributed by atoms with Gasteiger partial charge in [0.05, 0.1) is 0 Å². The zero-order valence-corrected chi connectivity index (χ0v) is 12.4. The molecule has 1 aromatic carbocycles. The van der Waals surface area contributed by atoms with Gasteiger partial charge in [-0.2, -0.15) is 0 Å². The standard InChI is InChI=1S/C19H14FN3/c20-17-4-1-14(2-5-17)11-18-12-22-19-6-3-16(13-23(18)19)15-7-9-21-10-8-15/h1-10,12-13H,11H2. The van der Waals surface area contributed by atoms with Crippen LogP contribution in [-0.4, -0.2) is 14.4 Å². The third-order valence-electron chi connectivity index (χ3n) is 3.89. The Kier molecular flexibility index (Phi) is 3.35. The number of imidazole rings is 1. The smallest absolute Gasteiger partial charge is 0.136 e. The van der Waals surface area contributed by atoms with Crippen molar-refractivity contribution in [2.45, 2.75) is 6.42 Å². The van der Waals surface area contributed by atoms with Crippen molar-refractivity contribution in [3.8, 4) is 11.1 Å². The molecular weight excluding hydrogens is 289 g/mol. The largest absolute Gasteiger partial charge is 0.303 e.